The number of halogens is 3. The van der Waals surface area contributed by atoms with E-state index in [0.29, 0.717) is 12.8 Å². The maximum absolute atomic E-state index is 12.5. The van der Waals surface area contributed by atoms with Crippen LogP contribution in [0.15, 0.2) is 17.4 Å². The van der Waals surface area contributed by atoms with Crippen molar-refractivity contribution in [1.29, 1.82) is 0 Å². The molecule has 3 N–H and O–H groups in total. The van der Waals surface area contributed by atoms with Gasteiger partial charge in [-0.1, -0.05) is 5.16 Å². The molecule has 0 bridgehead atoms. The molecule has 6 nitrogen and oxygen atoms in total. The molecule has 9 heteroatoms. The highest BCUT2D eigenvalue weighted by Crippen LogP contribution is 2.32. The minimum absolute atomic E-state index is 0.0658. The molecule has 0 aliphatic heterocycles. The Morgan fingerprint density at radius 3 is 2.74 bits per heavy atom. The van der Waals surface area contributed by atoms with Crippen molar-refractivity contribution in [1.82, 2.24) is 9.97 Å². The van der Waals surface area contributed by atoms with Gasteiger partial charge in [0.15, 0.2) is 5.84 Å². The smallest absolute Gasteiger partial charge is 0.406 e. The Balaban J connectivity index is 2.27. The highest BCUT2D eigenvalue weighted by atomic mass is 19.4. The Morgan fingerprint density at radius 1 is 1.53 bits per heavy atom. The van der Waals surface area contributed by atoms with Gasteiger partial charge in [0.1, 0.15) is 12.2 Å². The van der Waals surface area contributed by atoms with Crippen LogP contribution in [0, 0.1) is 0 Å². The predicted octanol–water partition coefficient (Wildman–Crippen LogP) is 1.10. The molecular formula is C10H12F3N5O. The van der Waals surface area contributed by atoms with Gasteiger partial charge in [-0.3, -0.25) is 0 Å². The third-order valence-corrected chi connectivity index (χ3v) is 2.61. The van der Waals surface area contributed by atoms with Crippen LogP contribution >= 0.6 is 0 Å². The van der Waals surface area contributed by atoms with Crippen LogP contribution in [0.1, 0.15) is 18.5 Å². The predicted molar refractivity (Wildman–Crippen MR) is 61.0 cm³/mol. The van der Waals surface area contributed by atoms with Gasteiger partial charge in [-0.2, -0.15) is 13.2 Å². The van der Waals surface area contributed by atoms with Crippen LogP contribution in [0.4, 0.5) is 19.1 Å². The summed E-state index contributed by atoms with van der Waals surface area (Å²) in [4.78, 5) is 8.80. The van der Waals surface area contributed by atoms with Crippen molar-refractivity contribution in [3.05, 3.63) is 18.0 Å². The van der Waals surface area contributed by atoms with Crippen molar-refractivity contribution < 1.29 is 18.4 Å². The third-order valence-electron chi connectivity index (χ3n) is 2.61. The van der Waals surface area contributed by atoms with Gasteiger partial charge in [0.25, 0.3) is 0 Å². The van der Waals surface area contributed by atoms with Crippen LogP contribution in [-0.2, 0) is 0 Å². The molecule has 0 spiro atoms. The lowest BCUT2D eigenvalue weighted by Gasteiger charge is -2.23. The largest absolute Gasteiger partial charge is 0.409 e. The zero-order valence-corrected chi connectivity index (χ0v) is 9.80. The zero-order valence-electron chi connectivity index (χ0n) is 9.80. The summed E-state index contributed by atoms with van der Waals surface area (Å²) in [6.07, 6.45) is -1.71. The van der Waals surface area contributed by atoms with Crippen molar-refractivity contribution in [3.8, 4) is 0 Å². The van der Waals surface area contributed by atoms with E-state index in [1.165, 1.54) is 12.3 Å². The van der Waals surface area contributed by atoms with Crippen molar-refractivity contribution in [2.45, 2.75) is 25.1 Å². The Morgan fingerprint density at radius 2 is 2.21 bits per heavy atom. The number of hydrogen-bond acceptors (Lipinski definition) is 5. The molecule has 1 aromatic rings. The number of amidine groups is 1. The first-order chi connectivity index (χ1) is 8.90. The molecule has 0 saturated heterocycles. The second-order valence-corrected chi connectivity index (χ2v) is 4.20. The summed E-state index contributed by atoms with van der Waals surface area (Å²) in [5.41, 5.74) is 5.43. The number of rotatable bonds is 4. The third kappa shape index (κ3) is 3.46. The van der Waals surface area contributed by atoms with E-state index in [-0.39, 0.29) is 23.5 Å². The number of nitrogens with two attached hydrogens (primary N) is 1. The number of aromatic nitrogens is 2. The lowest BCUT2D eigenvalue weighted by molar-refractivity contribution is -0.120. The summed E-state index contributed by atoms with van der Waals surface area (Å²) in [6.45, 7) is -1.11. The van der Waals surface area contributed by atoms with Crippen LogP contribution < -0.4 is 10.6 Å². The minimum atomic E-state index is -4.33. The van der Waals surface area contributed by atoms with E-state index in [9.17, 15) is 13.2 Å². The van der Waals surface area contributed by atoms with Gasteiger partial charge in [0.05, 0.1) is 0 Å². The van der Waals surface area contributed by atoms with E-state index in [0.717, 1.165) is 4.90 Å². The maximum Gasteiger partial charge on any atom is 0.406 e. The topological polar surface area (TPSA) is 87.6 Å². The molecule has 1 aromatic heterocycles. The molecule has 1 heterocycles. The summed E-state index contributed by atoms with van der Waals surface area (Å²) in [6, 6.07) is 1.15. The lowest BCUT2D eigenvalue weighted by Crippen LogP contribution is -2.37. The molecule has 1 aliphatic rings. The number of oxime groups is 1. The highest BCUT2D eigenvalue weighted by molar-refractivity contribution is 5.95. The Labute approximate surface area is 106 Å². The fourth-order valence-corrected chi connectivity index (χ4v) is 1.62. The van der Waals surface area contributed by atoms with Gasteiger partial charge in [-0.15, -0.1) is 0 Å². The Bertz CT molecular complexity index is 486. The first-order valence-electron chi connectivity index (χ1n) is 5.55. The van der Waals surface area contributed by atoms with E-state index in [1.54, 1.807) is 0 Å². The van der Waals surface area contributed by atoms with Gasteiger partial charge in [0.2, 0.25) is 5.95 Å². The Hall–Kier alpha value is -2.06. The molecule has 19 heavy (non-hydrogen) atoms. The monoisotopic (exact) mass is 275 g/mol. The van der Waals surface area contributed by atoms with Gasteiger partial charge >= 0.3 is 6.18 Å². The summed E-state index contributed by atoms with van der Waals surface area (Å²) in [7, 11) is 0. The zero-order chi connectivity index (χ0) is 14.0. The summed E-state index contributed by atoms with van der Waals surface area (Å²) < 4.78 is 37.6. The number of nitrogens with zero attached hydrogens (tertiary/aromatic N) is 4. The first kappa shape index (κ1) is 13.4. The maximum atomic E-state index is 12.5. The molecule has 0 unspecified atom stereocenters. The van der Waals surface area contributed by atoms with Crippen LogP contribution in [0.2, 0.25) is 0 Å². The van der Waals surface area contributed by atoms with Crippen molar-refractivity contribution >= 4 is 11.8 Å². The summed E-state index contributed by atoms with van der Waals surface area (Å²) in [5, 5.41) is 11.3. The fraction of sp³-hybridized carbons (Fsp3) is 0.500. The van der Waals surface area contributed by atoms with E-state index >= 15 is 0 Å². The van der Waals surface area contributed by atoms with Crippen LogP contribution in [0.5, 0.6) is 0 Å². The van der Waals surface area contributed by atoms with E-state index in [2.05, 4.69) is 15.1 Å². The molecule has 0 aromatic carbocycles. The van der Waals surface area contributed by atoms with E-state index < -0.39 is 12.7 Å². The summed E-state index contributed by atoms with van der Waals surface area (Å²) >= 11 is 0. The molecule has 0 atom stereocenters. The number of alkyl halides is 3. The fourth-order valence-electron chi connectivity index (χ4n) is 1.62. The SMILES string of the molecule is N/C(=N/O)c1ccnc(N(CC(F)(F)F)C2CC2)n1. The minimum Gasteiger partial charge on any atom is -0.409 e. The molecule has 1 saturated carbocycles. The molecule has 104 valence electrons. The van der Waals surface area contributed by atoms with Gasteiger partial charge in [-0.05, 0) is 18.9 Å². The average molecular weight is 275 g/mol. The Kier molecular flexibility index (Phi) is 3.45. The molecule has 0 amide bonds. The highest BCUT2D eigenvalue weighted by Gasteiger charge is 2.39. The standard InChI is InChI=1S/C10H12F3N5O/c11-10(12,13)5-18(6-1-2-6)9-15-4-3-7(16-9)8(14)17-19/h3-4,6,19H,1-2,5H2,(H2,14,17). The normalized spacial score (nSPS) is 16.5. The van der Waals surface area contributed by atoms with E-state index in [4.69, 9.17) is 10.9 Å². The van der Waals surface area contributed by atoms with E-state index in [1.807, 2.05) is 0 Å². The van der Waals surface area contributed by atoms with Crippen LogP contribution in [-0.4, -0.2) is 39.8 Å². The van der Waals surface area contributed by atoms with Crippen LogP contribution in [0.3, 0.4) is 0 Å². The lowest BCUT2D eigenvalue weighted by atomic mass is 10.4. The molecule has 1 fully saturated rings. The van der Waals surface area contributed by atoms with Crippen molar-refractivity contribution in [3.63, 3.8) is 0 Å². The second-order valence-electron chi connectivity index (χ2n) is 4.20. The molecule has 1 aliphatic carbocycles. The van der Waals surface area contributed by atoms with Gasteiger partial charge in [-0.25, -0.2) is 9.97 Å². The summed E-state index contributed by atoms with van der Waals surface area (Å²) in [5.74, 6) is -0.338. The second kappa shape index (κ2) is 4.90. The number of hydrogen-bond donors (Lipinski definition) is 2. The van der Waals surface area contributed by atoms with Crippen molar-refractivity contribution in [2.24, 2.45) is 10.9 Å². The first-order valence-corrected chi connectivity index (χ1v) is 5.55. The molecule has 2 rings (SSSR count). The van der Waals surface area contributed by atoms with Gasteiger partial charge in [0, 0.05) is 12.2 Å². The van der Waals surface area contributed by atoms with Gasteiger partial charge < -0.3 is 15.8 Å². The molecule has 0 radical (unpaired) electrons. The van der Waals surface area contributed by atoms with Crippen LogP contribution in [0.25, 0.3) is 0 Å². The average Bonchev–Trinajstić information content (AvgIpc) is 3.18. The molecular weight excluding hydrogens is 263 g/mol. The van der Waals surface area contributed by atoms with Crippen molar-refractivity contribution in [2.75, 3.05) is 11.4 Å². The number of anilines is 1. The quantitative estimate of drug-likeness (QED) is 0.372.